The number of methoxy groups -OCH3 is 1. The Labute approximate surface area is 171 Å². The smallest absolute Gasteiger partial charge is 0.337 e. The van der Waals surface area contributed by atoms with Crippen molar-refractivity contribution in [3.63, 3.8) is 0 Å². The van der Waals surface area contributed by atoms with Gasteiger partial charge in [-0.3, -0.25) is 9.69 Å². The molecule has 1 amide bonds. The topological polar surface area (TPSA) is 80.6 Å². The van der Waals surface area contributed by atoms with Crippen LogP contribution in [0.3, 0.4) is 0 Å². The molecule has 1 aliphatic heterocycles. The Hall–Kier alpha value is -2.74. The molecule has 1 aromatic heterocycles. The molecule has 1 aliphatic rings. The summed E-state index contributed by atoms with van der Waals surface area (Å²) in [5.41, 5.74) is 2.11. The molecule has 8 nitrogen and oxygen atoms in total. The summed E-state index contributed by atoms with van der Waals surface area (Å²) in [6.45, 7) is 7.90. The first kappa shape index (κ1) is 21.0. The maximum Gasteiger partial charge on any atom is 0.337 e. The van der Waals surface area contributed by atoms with E-state index >= 15 is 0 Å². The van der Waals surface area contributed by atoms with E-state index in [0.29, 0.717) is 24.3 Å². The van der Waals surface area contributed by atoms with Crippen molar-refractivity contribution in [1.82, 2.24) is 24.8 Å². The lowest BCUT2D eigenvalue weighted by Crippen LogP contribution is -2.36. The van der Waals surface area contributed by atoms with Gasteiger partial charge >= 0.3 is 5.97 Å². The monoisotopic (exact) mass is 399 g/mol. The maximum atomic E-state index is 12.5. The molecular weight excluding hydrogens is 370 g/mol. The predicted molar refractivity (Wildman–Crippen MR) is 109 cm³/mol. The Bertz CT molecular complexity index is 829. The fourth-order valence-corrected chi connectivity index (χ4v) is 3.74. The van der Waals surface area contributed by atoms with Crippen LogP contribution in [0.15, 0.2) is 30.5 Å². The highest BCUT2D eigenvalue weighted by atomic mass is 16.5. The molecule has 1 saturated heterocycles. The molecule has 1 atom stereocenters. The minimum Gasteiger partial charge on any atom is -0.465 e. The normalized spacial score (nSPS) is 17.1. The lowest BCUT2D eigenvalue weighted by Gasteiger charge is -2.32. The van der Waals surface area contributed by atoms with Gasteiger partial charge in [0.1, 0.15) is 0 Å². The van der Waals surface area contributed by atoms with Crippen LogP contribution in [0.25, 0.3) is 0 Å². The number of hydrogen-bond acceptors (Lipinski definition) is 6. The molecule has 0 bridgehead atoms. The molecule has 1 aromatic carbocycles. The van der Waals surface area contributed by atoms with E-state index in [4.69, 9.17) is 4.74 Å². The van der Waals surface area contributed by atoms with E-state index in [1.54, 1.807) is 23.2 Å². The van der Waals surface area contributed by atoms with Crippen LogP contribution >= 0.6 is 0 Å². The van der Waals surface area contributed by atoms with Crippen LogP contribution in [0.5, 0.6) is 0 Å². The number of carbonyl (C=O) groups is 2. The van der Waals surface area contributed by atoms with Crippen LogP contribution in [0.1, 0.15) is 59.1 Å². The third-order valence-electron chi connectivity index (χ3n) is 5.42. The molecule has 2 aromatic rings. The number of carbonyl (C=O) groups excluding carboxylic acids is 2. The van der Waals surface area contributed by atoms with Crippen molar-refractivity contribution in [1.29, 1.82) is 0 Å². The van der Waals surface area contributed by atoms with E-state index in [-0.39, 0.29) is 17.9 Å². The van der Waals surface area contributed by atoms with Crippen molar-refractivity contribution in [2.24, 2.45) is 0 Å². The number of hydrogen-bond donors (Lipinski definition) is 0. The standard InChI is InChI=1S/C21H29N5O3/c1-4-25(5-2)20(27)19-15-26(23-22-19)18-7-6-12-24(14-18)13-16-8-10-17(11-9-16)21(28)29-3/h8-11,15,18H,4-7,12-14H2,1-3H3/t18-/m0/s1. The fourth-order valence-electron chi connectivity index (χ4n) is 3.74. The molecule has 0 unspecified atom stereocenters. The van der Waals surface area contributed by atoms with Crippen molar-refractivity contribution < 1.29 is 14.3 Å². The average Bonchev–Trinajstić information content (AvgIpc) is 3.25. The Morgan fingerprint density at radius 3 is 2.59 bits per heavy atom. The van der Waals surface area contributed by atoms with Crippen molar-refractivity contribution in [2.75, 3.05) is 33.3 Å². The van der Waals surface area contributed by atoms with Gasteiger partial charge in [-0.05, 0) is 50.9 Å². The van der Waals surface area contributed by atoms with Crippen molar-refractivity contribution in [3.05, 3.63) is 47.3 Å². The van der Waals surface area contributed by atoms with E-state index in [1.165, 1.54) is 7.11 Å². The third-order valence-corrected chi connectivity index (χ3v) is 5.42. The highest BCUT2D eigenvalue weighted by Gasteiger charge is 2.24. The molecule has 2 heterocycles. The number of benzene rings is 1. The minimum atomic E-state index is -0.323. The van der Waals surface area contributed by atoms with Crippen LogP contribution < -0.4 is 0 Å². The molecule has 0 radical (unpaired) electrons. The third kappa shape index (κ3) is 5.00. The number of amides is 1. The molecule has 8 heteroatoms. The summed E-state index contributed by atoms with van der Waals surface area (Å²) in [6.07, 6.45) is 3.85. The maximum absolute atomic E-state index is 12.5. The highest BCUT2D eigenvalue weighted by Crippen LogP contribution is 2.22. The summed E-state index contributed by atoms with van der Waals surface area (Å²) in [4.78, 5) is 28.2. The van der Waals surface area contributed by atoms with Gasteiger partial charge in [-0.2, -0.15) is 0 Å². The lowest BCUT2D eigenvalue weighted by atomic mass is 10.0. The van der Waals surface area contributed by atoms with Crippen molar-refractivity contribution >= 4 is 11.9 Å². The molecule has 0 N–H and O–H groups in total. The SMILES string of the molecule is CCN(CC)C(=O)c1cn([C@H]2CCCN(Cc3ccc(C(=O)OC)cc3)C2)nn1. The number of nitrogens with zero attached hydrogens (tertiary/aromatic N) is 5. The number of rotatable bonds is 7. The summed E-state index contributed by atoms with van der Waals surface area (Å²) in [5.74, 6) is -0.393. The summed E-state index contributed by atoms with van der Waals surface area (Å²) < 4.78 is 6.58. The van der Waals surface area contributed by atoms with Gasteiger partial charge in [0.05, 0.1) is 24.9 Å². The van der Waals surface area contributed by atoms with Crippen LogP contribution in [-0.2, 0) is 11.3 Å². The number of piperidine rings is 1. The number of likely N-dealkylation sites (tertiary alicyclic amines) is 1. The quantitative estimate of drug-likeness (QED) is 0.665. The highest BCUT2D eigenvalue weighted by molar-refractivity contribution is 5.91. The van der Waals surface area contributed by atoms with E-state index in [1.807, 2.05) is 30.7 Å². The van der Waals surface area contributed by atoms with E-state index in [0.717, 1.165) is 38.0 Å². The second kappa shape index (κ2) is 9.65. The second-order valence-electron chi connectivity index (χ2n) is 7.28. The molecule has 156 valence electrons. The average molecular weight is 399 g/mol. The largest absolute Gasteiger partial charge is 0.465 e. The molecule has 0 aliphatic carbocycles. The molecule has 29 heavy (non-hydrogen) atoms. The van der Waals surface area contributed by atoms with Gasteiger partial charge in [-0.15, -0.1) is 5.10 Å². The number of aromatic nitrogens is 3. The molecule has 3 rings (SSSR count). The van der Waals surface area contributed by atoms with Gasteiger partial charge < -0.3 is 9.64 Å². The zero-order valence-electron chi connectivity index (χ0n) is 17.4. The van der Waals surface area contributed by atoms with Crippen LogP contribution in [0.2, 0.25) is 0 Å². The van der Waals surface area contributed by atoms with Gasteiger partial charge in [-0.1, -0.05) is 17.3 Å². The Balaban J connectivity index is 1.62. The summed E-state index contributed by atoms with van der Waals surface area (Å²) in [7, 11) is 1.38. The number of ether oxygens (including phenoxy) is 1. The first-order valence-electron chi connectivity index (χ1n) is 10.2. The van der Waals surface area contributed by atoms with Crippen LogP contribution in [0, 0.1) is 0 Å². The van der Waals surface area contributed by atoms with Gasteiger partial charge in [0.15, 0.2) is 5.69 Å². The summed E-state index contributed by atoms with van der Waals surface area (Å²) >= 11 is 0. The summed E-state index contributed by atoms with van der Waals surface area (Å²) in [5, 5.41) is 8.35. The van der Waals surface area contributed by atoms with Gasteiger partial charge in [0, 0.05) is 26.2 Å². The predicted octanol–water partition coefficient (Wildman–Crippen LogP) is 2.38. The summed E-state index contributed by atoms with van der Waals surface area (Å²) in [6, 6.07) is 7.72. The second-order valence-corrected chi connectivity index (χ2v) is 7.28. The Morgan fingerprint density at radius 2 is 1.93 bits per heavy atom. The van der Waals surface area contributed by atoms with Gasteiger partial charge in [-0.25, -0.2) is 9.48 Å². The first-order valence-corrected chi connectivity index (χ1v) is 10.2. The number of esters is 1. The van der Waals surface area contributed by atoms with E-state index in [2.05, 4.69) is 15.2 Å². The molecular formula is C21H29N5O3. The zero-order chi connectivity index (χ0) is 20.8. The van der Waals surface area contributed by atoms with Gasteiger partial charge in [0.25, 0.3) is 5.91 Å². The molecule has 1 fully saturated rings. The fraction of sp³-hybridized carbons (Fsp3) is 0.524. The minimum absolute atomic E-state index is 0.0698. The van der Waals surface area contributed by atoms with Crippen molar-refractivity contribution in [3.8, 4) is 0 Å². The van der Waals surface area contributed by atoms with Gasteiger partial charge in [0.2, 0.25) is 0 Å². The zero-order valence-corrected chi connectivity index (χ0v) is 17.4. The first-order chi connectivity index (χ1) is 14.0. The Morgan fingerprint density at radius 1 is 1.21 bits per heavy atom. The van der Waals surface area contributed by atoms with Crippen molar-refractivity contribution in [2.45, 2.75) is 39.3 Å². The van der Waals surface area contributed by atoms with E-state index < -0.39 is 0 Å². The lowest BCUT2D eigenvalue weighted by molar-refractivity contribution is 0.0600. The molecule has 0 spiro atoms. The Kier molecular flexibility index (Phi) is 6.98. The van der Waals surface area contributed by atoms with Crippen LogP contribution in [-0.4, -0.2) is 70.0 Å². The van der Waals surface area contributed by atoms with Crippen LogP contribution in [0.4, 0.5) is 0 Å². The van der Waals surface area contributed by atoms with E-state index in [9.17, 15) is 9.59 Å². The molecule has 0 saturated carbocycles.